The first-order valence-electron chi connectivity index (χ1n) is 8.25. The minimum absolute atomic E-state index is 0.643. The summed E-state index contributed by atoms with van der Waals surface area (Å²) in [5.41, 5.74) is 4.46. The number of rotatable bonds is 3. The van der Waals surface area contributed by atoms with Crippen molar-refractivity contribution in [2.75, 3.05) is 0 Å². The molecule has 26 heavy (non-hydrogen) atoms. The topological polar surface area (TPSA) is 0 Å². The molecule has 0 saturated carbocycles. The van der Waals surface area contributed by atoms with Crippen molar-refractivity contribution >= 4 is 34.5 Å². The largest absolute Gasteiger partial charge is 0.239 e. The van der Waals surface area contributed by atoms with Crippen molar-refractivity contribution in [3.63, 3.8) is 0 Å². The molecule has 4 rings (SSSR count). The minimum atomic E-state index is 0.643. The van der Waals surface area contributed by atoms with Gasteiger partial charge < -0.3 is 0 Å². The van der Waals surface area contributed by atoms with Crippen LogP contribution in [0.1, 0.15) is 0 Å². The second-order valence-corrected chi connectivity index (χ2v) is 7.86. The van der Waals surface area contributed by atoms with Crippen LogP contribution < -0.4 is 0 Å². The molecule has 3 heteroatoms. The van der Waals surface area contributed by atoms with Crippen LogP contribution in [-0.4, -0.2) is 0 Å². The van der Waals surface area contributed by atoms with Crippen LogP contribution in [0.5, 0.6) is 0 Å². The smallest absolute Gasteiger partial charge is 0.0843 e. The maximum absolute atomic E-state index is 6.48. The molecule has 0 radical (unpaired) electrons. The highest BCUT2D eigenvalue weighted by Gasteiger charge is 2.20. The van der Waals surface area contributed by atoms with E-state index in [1.165, 1.54) is 20.9 Å². The summed E-state index contributed by atoms with van der Waals surface area (Å²) in [6.45, 7) is 0. The molecule has 0 aliphatic heterocycles. The van der Waals surface area contributed by atoms with E-state index in [0.29, 0.717) is 10.0 Å². The van der Waals surface area contributed by atoms with Crippen LogP contribution in [0.25, 0.3) is 32.0 Å². The SMILES string of the molecule is Clc1ccc(-c2cc(-c3ccccc3)[s+]c(-c3ccccc3)c2)c(Cl)c1. The van der Waals surface area contributed by atoms with E-state index >= 15 is 0 Å². The van der Waals surface area contributed by atoms with E-state index in [0.717, 1.165) is 11.1 Å². The van der Waals surface area contributed by atoms with E-state index in [4.69, 9.17) is 23.2 Å². The van der Waals surface area contributed by atoms with Gasteiger partial charge in [0.2, 0.25) is 21.1 Å². The van der Waals surface area contributed by atoms with Crippen molar-refractivity contribution in [2.24, 2.45) is 0 Å². The number of benzene rings is 3. The Morgan fingerprint density at radius 2 is 1.08 bits per heavy atom. The standard InChI is InChI=1S/C23H15Cl2S/c24-19-11-12-20(21(25)15-19)18-13-22(16-7-3-1-4-8-16)26-23(14-18)17-9-5-2-6-10-17/h1-15H/q+1. The van der Waals surface area contributed by atoms with Gasteiger partial charge in [-0.2, -0.15) is 0 Å². The quantitative estimate of drug-likeness (QED) is 0.306. The molecule has 4 aromatic rings. The maximum atomic E-state index is 6.48. The van der Waals surface area contributed by atoms with Crippen LogP contribution in [0, 0.1) is 0 Å². The third-order valence-electron chi connectivity index (χ3n) is 4.15. The molecule has 0 aliphatic carbocycles. The number of halogens is 2. The van der Waals surface area contributed by atoms with Crippen LogP contribution in [0.2, 0.25) is 10.0 Å². The van der Waals surface area contributed by atoms with Gasteiger partial charge in [0.25, 0.3) is 0 Å². The van der Waals surface area contributed by atoms with Crippen LogP contribution in [0.15, 0.2) is 91.0 Å². The predicted molar refractivity (Wildman–Crippen MR) is 115 cm³/mol. The second kappa shape index (κ2) is 7.59. The molecule has 1 heterocycles. The van der Waals surface area contributed by atoms with Crippen molar-refractivity contribution in [2.45, 2.75) is 0 Å². The molecule has 0 bridgehead atoms. The first kappa shape index (κ1) is 17.2. The third kappa shape index (κ3) is 3.66. The molecule has 0 unspecified atom stereocenters. The molecular formula is C23H15Cl2S+. The second-order valence-electron chi connectivity index (χ2n) is 5.93. The zero-order chi connectivity index (χ0) is 17.9. The fourth-order valence-electron chi connectivity index (χ4n) is 2.87. The Kier molecular flexibility index (Phi) is 5.03. The van der Waals surface area contributed by atoms with Crippen LogP contribution in [0.4, 0.5) is 0 Å². The molecule has 0 aliphatic rings. The van der Waals surface area contributed by atoms with E-state index in [1.54, 1.807) is 17.4 Å². The lowest BCUT2D eigenvalue weighted by atomic mass is 10.0. The summed E-state index contributed by atoms with van der Waals surface area (Å²) in [6.07, 6.45) is 0. The monoisotopic (exact) mass is 393 g/mol. The third-order valence-corrected chi connectivity index (χ3v) is 5.85. The summed E-state index contributed by atoms with van der Waals surface area (Å²) in [7, 11) is 0. The first-order valence-corrected chi connectivity index (χ1v) is 9.82. The minimum Gasteiger partial charge on any atom is -0.0843 e. The lowest BCUT2D eigenvalue weighted by Gasteiger charge is -2.06. The molecule has 0 saturated heterocycles. The summed E-state index contributed by atoms with van der Waals surface area (Å²) < 4.78 is 0. The molecule has 0 nitrogen and oxygen atoms in total. The van der Waals surface area contributed by atoms with Gasteiger partial charge in [0.15, 0.2) is 0 Å². The van der Waals surface area contributed by atoms with Crippen LogP contribution >= 0.6 is 34.5 Å². The van der Waals surface area contributed by atoms with Crippen molar-refractivity contribution in [3.8, 4) is 32.0 Å². The highest BCUT2D eigenvalue weighted by molar-refractivity contribution is 7.18. The Morgan fingerprint density at radius 1 is 0.538 bits per heavy atom. The highest BCUT2D eigenvalue weighted by atomic mass is 35.5. The van der Waals surface area contributed by atoms with Crippen molar-refractivity contribution in [1.82, 2.24) is 0 Å². The average molecular weight is 394 g/mol. The zero-order valence-electron chi connectivity index (χ0n) is 13.8. The lowest BCUT2D eigenvalue weighted by Crippen LogP contribution is -1.84. The molecule has 0 amide bonds. The lowest BCUT2D eigenvalue weighted by molar-refractivity contribution is 1.62. The highest BCUT2D eigenvalue weighted by Crippen LogP contribution is 2.39. The first-order chi connectivity index (χ1) is 12.7. The number of hydrogen-bond donors (Lipinski definition) is 0. The molecule has 0 spiro atoms. The van der Waals surface area contributed by atoms with Crippen LogP contribution in [-0.2, 0) is 0 Å². The molecule has 0 fully saturated rings. The molecular weight excluding hydrogens is 379 g/mol. The summed E-state index contributed by atoms with van der Waals surface area (Å²) >= 11 is 14.3. The maximum Gasteiger partial charge on any atom is 0.239 e. The summed E-state index contributed by atoms with van der Waals surface area (Å²) in [5.74, 6) is 0. The van der Waals surface area contributed by atoms with Crippen LogP contribution in [0.3, 0.4) is 0 Å². The van der Waals surface area contributed by atoms with Gasteiger partial charge in [-0.3, -0.25) is 0 Å². The van der Waals surface area contributed by atoms with E-state index in [1.807, 2.05) is 24.3 Å². The molecule has 3 aromatic carbocycles. The fraction of sp³-hybridized carbons (Fsp3) is 0. The summed E-state index contributed by atoms with van der Waals surface area (Å²) in [6, 6.07) is 30.9. The molecule has 126 valence electrons. The van der Waals surface area contributed by atoms with Gasteiger partial charge in [-0.1, -0.05) is 65.7 Å². The van der Waals surface area contributed by atoms with Gasteiger partial charge in [-0.15, -0.1) is 0 Å². The molecule has 1 aromatic heterocycles. The average Bonchev–Trinajstić information content (AvgIpc) is 2.69. The van der Waals surface area contributed by atoms with Gasteiger partial charge in [0, 0.05) is 38.9 Å². The Morgan fingerprint density at radius 3 is 1.58 bits per heavy atom. The van der Waals surface area contributed by atoms with E-state index in [2.05, 4.69) is 60.7 Å². The van der Waals surface area contributed by atoms with Gasteiger partial charge >= 0.3 is 0 Å². The van der Waals surface area contributed by atoms with Gasteiger partial charge in [0.05, 0.1) is 0 Å². The van der Waals surface area contributed by atoms with E-state index < -0.39 is 0 Å². The van der Waals surface area contributed by atoms with Gasteiger partial charge in [-0.25, -0.2) is 0 Å². The molecule has 0 N–H and O–H groups in total. The van der Waals surface area contributed by atoms with E-state index in [-0.39, 0.29) is 0 Å². The number of hydrogen-bond acceptors (Lipinski definition) is 0. The summed E-state index contributed by atoms with van der Waals surface area (Å²) in [5, 5.41) is 1.30. The Labute approximate surface area is 167 Å². The van der Waals surface area contributed by atoms with Gasteiger partial charge in [-0.05, 0) is 42.0 Å². The summed E-state index contributed by atoms with van der Waals surface area (Å²) in [4.78, 5) is 2.40. The van der Waals surface area contributed by atoms with Crippen molar-refractivity contribution < 1.29 is 0 Å². The van der Waals surface area contributed by atoms with Crippen molar-refractivity contribution in [1.29, 1.82) is 0 Å². The normalized spacial score (nSPS) is 10.7. The zero-order valence-corrected chi connectivity index (χ0v) is 16.2. The van der Waals surface area contributed by atoms with Crippen molar-refractivity contribution in [3.05, 3.63) is 101 Å². The Bertz CT molecular complexity index is 987. The van der Waals surface area contributed by atoms with E-state index in [9.17, 15) is 0 Å². The Hall–Kier alpha value is -2.19. The molecule has 0 atom stereocenters. The predicted octanol–water partition coefficient (Wildman–Crippen LogP) is 8.34. The fourth-order valence-corrected chi connectivity index (χ4v) is 4.50. The van der Waals surface area contributed by atoms with Gasteiger partial charge in [0.1, 0.15) is 0 Å². The Balaban J connectivity index is 1.94.